The zero-order chi connectivity index (χ0) is 19.2. The highest BCUT2D eigenvalue weighted by molar-refractivity contribution is 5.98. The summed E-state index contributed by atoms with van der Waals surface area (Å²) >= 11 is 0. The molecule has 6 nitrogen and oxygen atoms in total. The molecule has 0 radical (unpaired) electrons. The Bertz CT molecular complexity index is 698. The number of hydrogen-bond acceptors (Lipinski definition) is 4. The molecule has 0 amide bonds. The van der Waals surface area contributed by atoms with Crippen LogP contribution < -0.4 is 5.32 Å². The van der Waals surface area contributed by atoms with Gasteiger partial charge in [0, 0.05) is 17.8 Å². The standard InChI is InChI=1S/C21H29N3O3/c1-3-14-24-18(19(25)20(26)27-4-2)16-12-8-9-13-17(16)23-21(24)22-15-10-6-5-7-11-15/h3,8-9,12-13,15,18-19,25H,1,4-7,10-11,14H2,2H3,(H,22,23)/t18-,19-/m0/s1. The number of anilines is 1. The number of guanidine groups is 1. The molecule has 0 spiro atoms. The maximum atomic E-state index is 12.3. The highest BCUT2D eigenvalue weighted by Gasteiger charge is 2.39. The monoisotopic (exact) mass is 371 g/mol. The van der Waals surface area contributed by atoms with Gasteiger partial charge in [0.05, 0.1) is 18.7 Å². The lowest BCUT2D eigenvalue weighted by atomic mass is 9.94. The molecule has 1 aliphatic carbocycles. The zero-order valence-electron chi connectivity index (χ0n) is 15.9. The van der Waals surface area contributed by atoms with Crippen molar-refractivity contribution < 1.29 is 14.6 Å². The number of rotatable bonds is 6. The van der Waals surface area contributed by atoms with Crippen LogP contribution in [0.3, 0.4) is 0 Å². The fourth-order valence-corrected chi connectivity index (χ4v) is 3.89. The van der Waals surface area contributed by atoms with Crippen LogP contribution in [0.4, 0.5) is 5.69 Å². The number of hydrogen-bond donors (Lipinski definition) is 2. The summed E-state index contributed by atoms with van der Waals surface area (Å²) in [4.78, 5) is 19.2. The maximum absolute atomic E-state index is 12.3. The van der Waals surface area contributed by atoms with E-state index in [0.29, 0.717) is 12.5 Å². The Labute approximate surface area is 160 Å². The minimum atomic E-state index is -1.30. The molecule has 2 atom stereocenters. The molecular weight excluding hydrogens is 342 g/mol. The van der Waals surface area contributed by atoms with E-state index in [2.05, 4.69) is 11.9 Å². The Morgan fingerprint density at radius 1 is 1.41 bits per heavy atom. The van der Waals surface area contributed by atoms with Crippen LogP contribution in [0, 0.1) is 0 Å². The average molecular weight is 371 g/mol. The Balaban J connectivity index is 1.99. The van der Waals surface area contributed by atoms with Crippen molar-refractivity contribution >= 4 is 17.6 Å². The van der Waals surface area contributed by atoms with Crippen LogP contribution in [0.25, 0.3) is 0 Å². The minimum Gasteiger partial charge on any atom is -0.464 e. The number of benzene rings is 1. The number of nitrogens with zero attached hydrogens (tertiary/aromatic N) is 2. The number of fused-ring (bicyclic) bond motifs is 1. The summed E-state index contributed by atoms with van der Waals surface area (Å²) < 4.78 is 5.08. The Kier molecular flexibility index (Phi) is 6.50. The van der Waals surface area contributed by atoms with Crippen molar-refractivity contribution in [2.24, 2.45) is 4.99 Å². The van der Waals surface area contributed by atoms with E-state index in [1.54, 1.807) is 13.0 Å². The van der Waals surface area contributed by atoms with Gasteiger partial charge in [-0.15, -0.1) is 6.58 Å². The van der Waals surface area contributed by atoms with Crippen molar-refractivity contribution in [1.29, 1.82) is 0 Å². The van der Waals surface area contributed by atoms with Gasteiger partial charge in [-0.25, -0.2) is 9.79 Å². The average Bonchev–Trinajstić information content (AvgIpc) is 2.69. The van der Waals surface area contributed by atoms with Gasteiger partial charge < -0.3 is 20.1 Å². The molecule has 6 heteroatoms. The second-order valence-corrected chi connectivity index (χ2v) is 7.04. The number of para-hydroxylation sites is 1. The van der Waals surface area contributed by atoms with Crippen LogP contribution in [0.15, 0.2) is 41.9 Å². The summed E-state index contributed by atoms with van der Waals surface area (Å²) in [6.07, 6.45) is 6.24. The molecule has 3 rings (SSSR count). The van der Waals surface area contributed by atoms with Gasteiger partial charge in [-0.2, -0.15) is 0 Å². The number of esters is 1. The SMILES string of the molecule is C=CCN1C(=NC2CCCCC2)Nc2ccccc2[C@H]1[C@H](O)C(=O)OCC. The molecule has 2 aliphatic rings. The highest BCUT2D eigenvalue weighted by Crippen LogP contribution is 2.36. The summed E-state index contributed by atoms with van der Waals surface area (Å²) in [7, 11) is 0. The Morgan fingerprint density at radius 3 is 2.85 bits per heavy atom. The van der Waals surface area contributed by atoms with Crippen LogP contribution >= 0.6 is 0 Å². The van der Waals surface area contributed by atoms with Crippen molar-refractivity contribution in [2.45, 2.75) is 57.2 Å². The fraction of sp³-hybridized carbons (Fsp3) is 0.524. The van der Waals surface area contributed by atoms with Gasteiger partial charge in [-0.1, -0.05) is 43.5 Å². The molecule has 0 bridgehead atoms. The number of carbonyl (C=O) groups is 1. The van der Waals surface area contributed by atoms with Crippen LogP contribution in [0.1, 0.15) is 50.6 Å². The third-order valence-corrected chi connectivity index (χ3v) is 5.17. The second kappa shape index (κ2) is 9.04. The third kappa shape index (κ3) is 4.33. The van der Waals surface area contributed by atoms with E-state index in [-0.39, 0.29) is 12.6 Å². The number of carbonyl (C=O) groups excluding carboxylic acids is 1. The second-order valence-electron chi connectivity index (χ2n) is 7.04. The largest absolute Gasteiger partial charge is 0.464 e. The number of aliphatic hydroxyl groups excluding tert-OH is 1. The molecule has 1 aromatic rings. The molecule has 0 aromatic heterocycles. The summed E-state index contributed by atoms with van der Waals surface area (Å²) in [6.45, 7) is 6.27. The van der Waals surface area contributed by atoms with E-state index < -0.39 is 18.1 Å². The van der Waals surface area contributed by atoms with E-state index >= 15 is 0 Å². The lowest BCUT2D eigenvalue weighted by Crippen LogP contribution is -2.50. The number of nitrogens with one attached hydrogen (secondary N) is 1. The molecule has 27 heavy (non-hydrogen) atoms. The highest BCUT2D eigenvalue weighted by atomic mass is 16.5. The van der Waals surface area contributed by atoms with E-state index in [4.69, 9.17) is 9.73 Å². The summed E-state index contributed by atoms with van der Waals surface area (Å²) in [5.41, 5.74) is 1.71. The first-order valence-electron chi connectivity index (χ1n) is 9.81. The lowest BCUT2D eigenvalue weighted by molar-refractivity contribution is -0.156. The van der Waals surface area contributed by atoms with Crippen LogP contribution in [0.2, 0.25) is 0 Å². The van der Waals surface area contributed by atoms with Crippen molar-refractivity contribution in [1.82, 2.24) is 4.90 Å². The van der Waals surface area contributed by atoms with Gasteiger partial charge in [0.1, 0.15) is 0 Å². The van der Waals surface area contributed by atoms with Crippen molar-refractivity contribution in [2.75, 3.05) is 18.5 Å². The number of ether oxygens (including phenoxy) is 1. The number of aliphatic imine (C=N–C) groups is 1. The van der Waals surface area contributed by atoms with E-state index in [9.17, 15) is 9.90 Å². The maximum Gasteiger partial charge on any atom is 0.337 e. The van der Waals surface area contributed by atoms with Crippen LogP contribution in [-0.2, 0) is 9.53 Å². The molecule has 0 saturated heterocycles. The molecule has 1 saturated carbocycles. The lowest BCUT2D eigenvalue weighted by Gasteiger charge is -2.41. The summed E-state index contributed by atoms with van der Waals surface area (Å²) in [5.74, 6) is 0.0686. The van der Waals surface area contributed by atoms with Gasteiger partial charge in [0.25, 0.3) is 0 Å². The van der Waals surface area contributed by atoms with Crippen molar-refractivity contribution in [3.63, 3.8) is 0 Å². The fourth-order valence-electron chi connectivity index (χ4n) is 3.89. The smallest absolute Gasteiger partial charge is 0.337 e. The molecular formula is C21H29N3O3. The first kappa shape index (κ1) is 19.4. The molecule has 1 heterocycles. The first-order chi connectivity index (χ1) is 13.2. The Hall–Kier alpha value is -2.34. The van der Waals surface area contributed by atoms with Crippen LogP contribution in [0.5, 0.6) is 0 Å². The van der Waals surface area contributed by atoms with E-state index in [1.807, 2.05) is 29.2 Å². The molecule has 2 N–H and O–H groups in total. The van der Waals surface area contributed by atoms with Gasteiger partial charge >= 0.3 is 5.97 Å². The van der Waals surface area contributed by atoms with E-state index in [0.717, 1.165) is 24.1 Å². The van der Waals surface area contributed by atoms with Gasteiger partial charge in [-0.3, -0.25) is 0 Å². The van der Waals surface area contributed by atoms with E-state index in [1.165, 1.54) is 19.3 Å². The molecule has 1 aliphatic heterocycles. The summed E-state index contributed by atoms with van der Waals surface area (Å²) in [5, 5.41) is 14.2. The normalized spacial score (nSPS) is 22.7. The van der Waals surface area contributed by atoms with Gasteiger partial charge in [-0.05, 0) is 25.8 Å². The third-order valence-electron chi connectivity index (χ3n) is 5.17. The van der Waals surface area contributed by atoms with Crippen molar-refractivity contribution in [3.8, 4) is 0 Å². The zero-order valence-corrected chi connectivity index (χ0v) is 15.9. The predicted molar refractivity (Wildman–Crippen MR) is 107 cm³/mol. The van der Waals surface area contributed by atoms with Gasteiger partial charge in [0.15, 0.2) is 12.1 Å². The quantitative estimate of drug-likeness (QED) is 0.593. The first-order valence-corrected chi connectivity index (χ1v) is 9.81. The molecule has 1 aromatic carbocycles. The summed E-state index contributed by atoms with van der Waals surface area (Å²) in [6, 6.07) is 7.40. The Morgan fingerprint density at radius 2 is 2.15 bits per heavy atom. The molecule has 146 valence electrons. The van der Waals surface area contributed by atoms with Crippen LogP contribution in [-0.4, -0.2) is 47.2 Å². The topological polar surface area (TPSA) is 74.2 Å². The molecule has 1 fully saturated rings. The van der Waals surface area contributed by atoms with Gasteiger partial charge in [0.2, 0.25) is 0 Å². The predicted octanol–water partition coefficient (Wildman–Crippen LogP) is 3.25. The minimum absolute atomic E-state index is 0.229. The van der Waals surface area contributed by atoms with Crippen molar-refractivity contribution in [3.05, 3.63) is 42.5 Å². The molecule has 0 unspecified atom stereocenters. The number of aliphatic hydroxyl groups is 1.